The smallest absolute Gasteiger partial charge is 0.225 e. The zero-order valence-electron chi connectivity index (χ0n) is 14.1. The molecular formula is C20H18N6. The summed E-state index contributed by atoms with van der Waals surface area (Å²) in [7, 11) is 0. The van der Waals surface area contributed by atoms with Crippen molar-refractivity contribution in [2.75, 3.05) is 10.6 Å². The van der Waals surface area contributed by atoms with Gasteiger partial charge in [-0.15, -0.1) is 0 Å². The van der Waals surface area contributed by atoms with Crippen molar-refractivity contribution in [2.24, 2.45) is 0 Å². The third-order valence-corrected chi connectivity index (χ3v) is 3.92. The third-order valence-electron chi connectivity index (χ3n) is 3.92. The van der Waals surface area contributed by atoms with Gasteiger partial charge < -0.3 is 10.6 Å². The summed E-state index contributed by atoms with van der Waals surface area (Å²) >= 11 is 0. The van der Waals surface area contributed by atoms with Crippen LogP contribution >= 0.6 is 0 Å². The van der Waals surface area contributed by atoms with Crippen LogP contribution in [-0.2, 0) is 13.1 Å². The largest absolute Gasteiger partial charge is 0.364 e. The number of pyridine rings is 2. The van der Waals surface area contributed by atoms with Gasteiger partial charge in [0.2, 0.25) is 5.95 Å². The number of anilines is 2. The van der Waals surface area contributed by atoms with Crippen molar-refractivity contribution in [3.05, 3.63) is 84.4 Å². The minimum Gasteiger partial charge on any atom is -0.364 e. The van der Waals surface area contributed by atoms with E-state index < -0.39 is 0 Å². The molecule has 6 nitrogen and oxygen atoms in total. The van der Waals surface area contributed by atoms with Gasteiger partial charge in [0.1, 0.15) is 5.82 Å². The van der Waals surface area contributed by atoms with Crippen molar-refractivity contribution in [2.45, 2.75) is 13.1 Å². The molecule has 0 radical (unpaired) electrons. The summed E-state index contributed by atoms with van der Waals surface area (Å²) in [5.74, 6) is 1.35. The zero-order chi connectivity index (χ0) is 17.6. The summed E-state index contributed by atoms with van der Waals surface area (Å²) < 4.78 is 0. The number of fused-ring (bicyclic) bond motifs is 1. The maximum Gasteiger partial charge on any atom is 0.225 e. The van der Waals surface area contributed by atoms with Crippen molar-refractivity contribution < 1.29 is 0 Å². The topological polar surface area (TPSA) is 75.6 Å². The van der Waals surface area contributed by atoms with E-state index in [-0.39, 0.29) is 0 Å². The van der Waals surface area contributed by atoms with Crippen molar-refractivity contribution in [1.29, 1.82) is 0 Å². The van der Waals surface area contributed by atoms with E-state index in [1.807, 2.05) is 60.7 Å². The van der Waals surface area contributed by atoms with Gasteiger partial charge in [0, 0.05) is 17.8 Å². The first-order valence-electron chi connectivity index (χ1n) is 8.43. The quantitative estimate of drug-likeness (QED) is 0.557. The lowest BCUT2D eigenvalue weighted by molar-refractivity contribution is 0.997. The van der Waals surface area contributed by atoms with Gasteiger partial charge in [0.15, 0.2) is 0 Å². The molecule has 0 saturated carbocycles. The van der Waals surface area contributed by atoms with E-state index in [1.165, 1.54) is 0 Å². The molecule has 0 aliphatic carbocycles. The van der Waals surface area contributed by atoms with Crippen molar-refractivity contribution in [1.82, 2.24) is 19.9 Å². The molecule has 4 aromatic rings. The average Bonchev–Trinajstić information content (AvgIpc) is 2.72. The number of nitrogens with one attached hydrogen (secondary N) is 2. The first-order chi connectivity index (χ1) is 12.9. The molecule has 1 aromatic carbocycles. The summed E-state index contributed by atoms with van der Waals surface area (Å²) in [6.45, 7) is 1.17. The van der Waals surface area contributed by atoms with Gasteiger partial charge in [-0.2, -0.15) is 4.98 Å². The predicted molar refractivity (Wildman–Crippen MR) is 103 cm³/mol. The van der Waals surface area contributed by atoms with E-state index in [0.717, 1.165) is 28.1 Å². The molecule has 0 saturated heterocycles. The first-order valence-corrected chi connectivity index (χ1v) is 8.43. The van der Waals surface area contributed by atoms with E-state index in [0.29, 0.717) is 19.0 Å². The molecule has 3 heterocycles. The molecule has 0 bridgehead atoms. The van der Waals surface area contributed by atoms with Crippen LogP contribution in [0.25, 0.3) is 10.9 Å². The van der Waals surface area contributed by atoms with E-state index in [9.17, 15) is 0 Å². The van der Waals surface area contributed by atoms with Crippen LogP contribution in [0, 0.1) is 0 Å². The summed E-state index contributed by atoms with van der Waals surface area (Å²) in [6.07, 6.45) is 3.56. The first kappa shape index (κ1) is 16.0. The molecule has 3 aromatic heterocycles. The highest BCUT2D eigenvalue weighted by atomic mass is 15.1. The maximum atomic E-state index is 4.64. The minimum absolute atomic E-state index is 0.567. The van der Waals surface area contributed by atoms with Crippen LogP contribution < -0.4 is 10.6 Å². The Morgan fingerprint density at radius 1 is 0.654 bits per heavy atom. The molecule has 128 valence electrons. The van der Waals surface area contributed by atoms with E-state index in [2.05, 4.69) is 30.6 Å². The molecule has 2 N–H and O–H groups in total. The molecule has 0 aliphatic rings. The van der Waals surface area contributed by atoms with Gasteiger partial charge >= 0.3 is 0 Å². The average molecular weight is 342 g/mol. The monoisotopic (exact) mass is 342 g/mol. The lowest BCUT2D eigenvalue weighted by atomic mass is 10.2. The van der Waals surface area contributed by atoms with E-state index >= 15 is 0 Å². The highest BCUT2D eigenvalue weighted by molar-refractivity contribution is 5.89. The Kier molecular flexibility index (Phi) is 4.64. The van der Waals surface area contributed by atoms with Crippen LogP contribution in [0.1, 0.15) is 11.4 Å². The standard InChI is InChI=1S/C20H18N6/c1-2-10-18-17(9-1)19(23-13-15-7-3-5-11-21-15)26-20(25-18)24-14-16-8-4-6-12-22-16/h1-12H,13-14H2,(H2,23,24,25,26). The number of rotatable bonds is 6. The van der Waals surface area contributed by atoms with Crippen molar-refractivity contribution in [3.8, 4) is 0 Å². The van der Waals surface area contributed by atoms with Crippen LogP contribution in [0.3, 0.4) is 0 Å². The second-order valence-corrected chi connectivity index (χ2v) is 5.76. The fraction of sp³-hybridized carbons (Fsp3) is 0.100. The molecule has 0 amide bonds. The highest BCUT2D eigenvalue weighted by Gasteiger charge is 2.08. The molecule has 0 unspecified atom stereocenters. The molecule has 4 rings (SSSR count). The van der Waals surface area contributed by atoms with Crippen LogP contribution in [0.4, 0.5) is 11.8 Å². The Labute approximate surface area is 151 Å². The van der Waals surface area contributed by atoms with Crippen LogP contribution in [0.2, 0.25) is 0 Å². The maximum absolute atomic E-state index is 4.64. The number of hydrogen-bond acceptors (Lipinski definition) is 6. The lowest BCUT2D eigenvalue weighted by Crippen LogP contribution is -2.09. The Hall–Kier alpha value is -3.54. The summed E-state index contributed by atoms with van der Waals surface area (Å²) in [4.78, 5) is 17.9. The Morgan fingerprint density at radius 2 is 1.31 bits per heavy atom. The lowest BCUT2D eigenvalue weighted by Gasteiger charge is -2.11. The van der Waals surface area contributed by atoms with Crippen molar-refractivity contribution in [3.63, 3.8) is 0 Å². The van der Waals surface area contributed by atoms with Gasteiger partial charge in [0.05, 0.1) is 30.0 Å². The normalized spacial score (nSPS) is 10.6. The van der Waals surface area contributed by atoms with Gasteiger partial charge in [-0.3, -0.25) is 9.97 Å². The van der Waals surface area contributed by atoms with E-state index in [4.69, 9.17) is 0 Å². The number of hydrogen-bond donors (Lipinski definition) is 2. The summed E-state index contributed by atoms with van der Waals surface area (Å²) in [6, 6.07) is 19.6. The molecule has 26 heavy (non-hydrogen) atoms. The fourth-order valence-corrected chi connectivity index (χ4v) is 2.64. The zero-order valence-corrected chi connectivity index (χ0v) is 14.1. The van der Waals surface area contributed by atoms with Gasteiger partial charge in [-0.05, 0) is 36.4 Å². The number of para-hydroxylation sites is 1. The molecule has 6 heteroatoms. The minimum atomic E-state index is 0.567. The second-order valence-electron chi connectivity index (χ2n) is 5.76. The molecule has 0 aliphatic heterocycles. The number of nitrogens with zero attached hydrogens (tertiary/aromatic N) is 4. The SMILES string of the molecule is c1ccc(CNc2nc(NCc3ccccn3)c3ccccc3n2)nc1. The van der Waals surface area contributed by atoms with Gasteiger partial charge in [0.25, 0.3) is 0 Å². The summed E-state index contributed by atoms with van der Waals surface area (Å²) in [5, 5.41) is 7.60. The molecule has 0 fully saturated rings. The Balaban J connectivity index is 1.58. The van der Waals surface area contributed by atoms with Gasteiger partial charge in [-0.1, -0.05) is 24.3 Å². The van der Waals surface area contributed by atoms with Crippen LogP contribution in [0.15, 0.2) is 73.1 Å². The van der Waals surface area contributed by atoms with Gasteiger partial charge in [-0.25, -0.2) is 4.98 Å². The number of benzene rings is 1. The molecule has 0 spiro atoms. The highest BCUT2D eigenvalue weighted by Crippen LogP contribution is 2.22. The Morgan fingerprint density at radius 3 is 2.00 bits per heavy atom. The third kappa shape index (κ3) is 3.75. The summed E-state index contributed by atoms with van der Waals surface area (Å²) in [5.41, 5.74) is 2.78. The van der Waals surface area contributed by atoms with Crippen LogP contribution in [-0.4, -0.2) is 19.9 Å². The Bertz CT molecular complexity index is 989. The van der Waals surface area contributed by atoms with Crippen molar-refractivity contribution >= 4 is 22.7 Å². The predicted octanol–water partition coefficient (Wildman–Crippen LogP) is 3.64. The fourth-order valence-electron chi connectivity index (χ4n) is 2.64. The van der Waals surface area contributed by atoms with Crippen LogP contribution in [0.5, 0.6) is 0 Å². The number of aromatic nitrogens is 4. The van der Waals surface area contributed by atoms with E-state index in [1.54, 1.807) is 12.4 Å². The molecule has 0 atom stereocenters. The molecular weight excluding hydrogens is 324 g/mol. The second kappa shape index (κ2) is 7.57.